The minimum atomic E-state index is -0.882. The van der Waals surface area contributed by atoms with Gasteiger partial charge >= 0.3 is 5.97 Å². The van der Waals surface area contributed by atoms with Gasteiger partial charge in [-0.2, -0.15) is 0 Å². The molecule has 14 heavy (non-hydrogen) atoms. The van der Waals surface area contributed by atoms with Gasteiger partial charge in [-0.15, -0.1) is 0 Å². The quantitative estimate of drug-likeness (QED) is 0.698. The van der Waals surface area contributed by atoms with Crippen molar-refractivity contribution in [3.63, 3.8) is 0 Å². The van der Waals surface area contributed by atoms with E-state index in [1.165, 1.54) is 6.42 Å². The number of rotatable bonds is 3. The van der Waals surface area contributed by atoms with Crippen LogP contribution in [0, 0.1) is 11.8 Å². The lowest BCUT2D eigenvalue weighted by molar-refractivity contribution is -0.140. The molecule has 3 fully saturated rings. The number of ether oxygens (including phenoxy) is 1. The largest absolute Gasteiger partial charge is 0.480 e. The van der Waals surface area contributed by atoms with E-state index in [0.717, 1.165) is 19.4 Å². The smallest absolute Gasteiger partial charge is 0.320 e. The van der Waals surface area contributed by atoms with Crippen molar-refractivity contribution in [1.29, 1.82) is 0 Å². The summed E-state index contributed by atoms with van der Waals surface area (Å²) < 4.78 is 5.56. The van der Waals surface area contributed by atoms with Crippen LogP contribution in [0.25, 0.3) is 0 Å². The second-order valence-corrected chi connectivity index (χ2v) is 4.47. The minimum Gasteiger partial charge on any atom is -0.480 e. The number of carboxylic acids is 1. The van der Waals surface area contributed by atoms with Gasteiger partial charge in [0.2, 0.25) is 0 Å². The van der Waals surface area contributed by atoms with Gasteiger partial charge in [0.15, 0.2) is 0 Å². The number of hydrogen-bond donors (Lipinski definition) is 2. The summed E-state index contributed by atoms with van der Waals surface area (Å²) in [6.07, 6.45) is 4.31. The lowest BCUT2D eigenvalue weighted by Crippen LogP contribution is -2.43. The molecule has 4 nitrogen and oxygen atoms in total. The van der Waals surface area contributed by atoms with Crippen LogP contribution in [-0.2, 0) is 9.53 Å². The van der Waals surface area contributed by atoms with Crippen molar-refractivity contribution in [3.05, 3.63) is 0 Å². The molecule has 0 aromatic carbocycles. The molecule has 0 spiro atoms. The number of nitrogens with two attached hydrogens (primary N) is 1. The normalized spacial score (nSPS) is 38.2. The monoisotopic (exact) mass is 199 g/mol. The Hall–Kier alpha value is -0.610. The molecule has 0 aromatic rings. The second kappa shape index (κ2) is 3.87. The highest BCUT2D eigenvalue weighted by molar-refractivity contribution is 5.73. The Bertz CT molecular complexity index is 223. The van der Waals surface area contributed by atoms with Crippen LogP contribution in [0.5, 0.6) is 0 Å². The molecule has 3 rings (SSSR count). The standard InChI is InChI=1S/C10H17NO3/c11-9(10(12)13)4-7-3-8-2-1-6(7)5-14-8/h6-9H,1-5,11H2,(H,12,13). The van der Waals surface area contributed by atoms with Crippen molar-refractivity contribution in [1.82, 2.24) is 0 Å². The molecule has 1 aliphatic carbocycles. The fourth-order valence-electron chi connectivity index (χ4n) is 2.63. The van der Waals surface area contributed by atoms with Crippen LogP contribution in [0.1, 0.15) is 25.7 Å². The van der Waals surface area contributed by atoms with Crippen LogP contribution in [0.4, 0.5) is 0 Å². The van der Waals surface area contributed by atoms with Crippen molar-refractivity contribution in [3.8, 4) is 0 Å². The summed E-state index contributed by atoms with van der Waals surface area (Å²) in [5.41, 5.74) is 5.54. The molecule has 4 unspecified atom stereocenters. The molecule has 4 atom stereocenters. The lowest BCUT2D eigenvalue weighted by Gasteiger charge is -2.42. The van der Waals surface area contributed by atoms with Crippen LogP contribution in [0.3, 0.4) is 0 Å². The molecule has 0 radical (unpaired) electrons. The Balaban J connectivity index is 1.89. The molecule has 4 heteroatoms. The highest BCUT2D eigenvalue weighted by Gasteiger charge is 2.37. The highest BCUT2D eigenvalue weighted by Crippen LogP contribution is 2.39. The number of fused-ring (bicyclic) bond motifs is 3. The van der Waals surface area contributed by atoms with Crippen LogP contribution in [0.2, 0.25) is 0 Å². The van der Waals surface area contributed by atoms with E-state index in [1.54, 1.807) is 0 Å². The van der Waals surface area contributed by atoms with Gasteiger partial charge in [-0.3, -0.25) is 4.79 Å². The van der Waals surface area contributed by atoms with Crippen LogP contribution >= 0.6 is 0 Å². The zero-order chi connectivity index (χ0) is 10.1. The van der Waals surface area contributed by atoms with E-state index in [1.807, 2.05) is 0 Å². The summed E-state index contributed by atoms with van der Waals surface area (Å²) in [5.74, 6) is 0.131. The summed E-state index contributed by atoms with van der Waals surface area (Å²) in [7, 11) is 0. The molecule has 0 amide bonds. The lowest BCUT2D eigenvalue weighted by atomic mass is 9.73. The Morgan fingerprint density at radius 2 is 2.36 bits per heavy atom. The van der Waals surface area contributed by atoms with Crippen molar-refractivity contribution >= 4 is 5.97 Å². The summed E-state index contributed by atoms with van der Waals surface area (Å²) in [6, 6.07) is -0.695. The van der Waals surface area contributed by atoms with Gasteiger partial charge in [0.25, 0.3) is 0 Å². The topological polar surface area (TPSA) is 72.5 Å². The SMILES string of the molecule is NC(CC1CC2CCC1CO2)C(=O)O. The Morgan fingerprint density at radius 1 is 1.57 bits per heavy atom. The molecule has 0 aromatic heterocycles. The fraction of sp³-hybridized carbons (Fsp3) is 0.900. The average Bonchev–Trinajstić information content (AvgIpc) is 2.19. The zero-order valence-corrected chi connectivity index (χ0v) is 8.19. The molecular formula is C10H17NO3. The maximum absolute atomic E-state index is 10.6. The Morgan fingerprint density at radius 3 is 2.79 bits per heavy atom. The first-order chi connectivity index (χ1) is 6.66. The third-order valence-electron chi connectivity index (χ3n) is 3.51. The molecule has 2 saturated heterocycles. The summed E-state index contributed by atoms with van der Waals surface area (Å²) >= 11 is 0. The summed E-state index contributed by atoms with van der Waals surface area (Å²) in [5, 5.41) is 8.73. The molecule has 3 N–H and O–H groups in total. The molecule has 3 aliphatic rings. The molecule has 1 saturated carbocycles. The van der Waals surface area contributed by atoms with Gasteiger partial charge in [0.1, 0.15) is 6.04 Å². The van der Waals surface area contributed by atoms with Gasteiger partial charge in [0.05, 0.1) is 12.7 Å². The Kier molecular flexibility index (Phi) is 2.74. The third-order valence-corrected chi connectivity index (χ3v) is 3.51. The first kappa shape index (κ1) is 9.93. The third kappa shape index (κ3) is 1.91. The van der Waals surface area contributed by atoms with Crippen LogP contribution in [0.15, 0.2) is 0 Å². The van der Waals surface area contributed by atoms with Crippen molar-refractivity contribution < 1.29 is 14.6 Å². The first-order valence-electron chi connectivity index (χ1n) is 5.27. The van der Waals surface area contributed by atoms with E-state index in [4.69, 9.17) is 15.6 Å². The van der Waals surface area contributed by atoms with Gasteiger partial charge in [-0.1, -0.05) is 0 Å². The van der Waals surface area contributed by atoms with Gasteiger partial charge in [0, 0.05) is 0 Å². The van der Waals surface area contributed by atoms with Crippen LogP contribution < -0.4 is 5.73 Å². The number of carbonyl (C=O) groups is 1. The van der Waals surface area contributed by atoms with E-state index < -0.39 is 12.0 Å². The molecule has 2 aliphatic heterocycles. The number of carboxylic acid groups (broad SMARTS) is 1. The van der Waals surface area contributed by atoms with Crippen molar-refractivity contribution in [2.45, 2.75) is 37.8 Å². The van der Waals surface area contributed by atoms with E-state index in [2.05, 4.69) is 0 Å². The second-order valence-electron chi connectivity index (χ2n) is 4.47. The number of aliphatic carboxylic acids is 1. The first-order valence-corrected chi connectivity index (χ1v) is 5.27. The zero-order valence-electron chi connectivity index (χ0n) is 8.19. The molecule has 80 valence electrons. The van der Waals surface area contributed by atoms with E-state index in [0.29, 0.717) is 24.4 Å². The van der Waals surface area contributed by atoms with Gasteiger partial charge < -0.3 is 15.6 Å². The fourth-order valence-corrected chi connectivity index (χ4v) is 2.63. The van der Waals surface area contributed by atoms with Gasteiger partial charge in [-0.25, -0.2) is 0 Å². The maximum Gasteiger partial charge on any atom is 0.320 e. The highest BCUT2D eigenvalue weighted by atomic mass is 16.5. The molecule has 2 heterocycles. The molecule has 2 bridgehead atoms. The van der Waals surface area contributed by atoms with E-state index >= 15 is 0 Å². The van der Waals surface area contributed by atoms with Crippen molar-refractivity contribution in [2.75, 3.05) is 6.61 Å². The predicted molar refractivity (Wildman–Crippen MR) is 50.8 cm³/mol. The predicted octanol–water partition coefficient (Wildman–Crippen LogP) is 0.603. The average molecular weight is 199 g/mol. The molecular weight excluding hydrogens is 182 g/mol. The summed E-state index contributed by atoms with van der Waals surface area (Å²) in [6.45, 7) is 0.807. The number of hydrogen-bond acceptors (Lipinski definition) is 3. The van der Waals surface area contributed by atoms with Crippen molar-refractivity contribution in [2.24, 2.45) is 17.6 Å². The van der Waals surface area contributed by atoms with Crippen LogP contribution in [-0.4, -0.2) is 29.8 Å². The van der Waals surface area contributed by atoms with E-state index in [-0.39, 0.29) is 0 Å². The van der Waals surface area contributed by atoms with E-state index in [9.17, 15) is 4.79 Å². The maximum atomic E-state index is 10.6. The summed E-state index contributed by atoms with van der Waals surface area (Å²) in [4.78, 5) is 10.6. The Labute approximate surface area is 83.4 Å². The minimum absolute atomic E-state index is 0.367. The van der Waals surface area contributed by atoms with Gasteiger partial charge in [-0.05, 0) is 37.5 Å².